The molecular weight excluding hydrogens is 370 g/mol. The van der Waals surface area contributed by atoms with Crippen LogP contribution in [0.3, 0.4) is 0 Å². The van der Waals surface area contributed by atoms with Gasteiger partial charge in [-0.15, -0.1) is 0 Å². The molecule has 1 amide bonds. The van der Waals surface area contributed by atoms with Crippen LogP contribution in [0.4, 0.5) is 20.3 Å². The Kier molecular flexibility index (Phi) is 6.37. The van der Waals surface area contributed by atoms with Crippen molar-refractivity contribution in [3.05, 3.63) is 56.2 Å². The van der Waals surface area contributed by atoms with Crippen molar-refractivity contribution in [3.8, 4) is 0 Å². The number of hydrogen-bond acceptors (Lipinski definition) is 4. The van der Waals surface area contributed by atoms with Crippen LogP contribution in [0, 0.1) is 23.5 Å². The highest BCUT2D eigenvalue weighted by atomic mass is 19.1. The Hall–Kier alpha value is -2.97. The molecule has 0 radical (unpaired) electrons. The lowest BCUT2D eigenvalue weighted by Crippen LogP contribution is -2.43. The molecule has 1 heterocycles. The third-order valence-corrected chi connectivity index (χ3v) is 3.98. The van der Waals surface area contributed by atoms with Crippen molar-refractivity contribution < 1.29 is 13.6 Å². The number of carbonyl (C=O) groups is 1. The number of nitrogens with two attached hydrogens (primary N) is 1. The molecule has 0 bridgehead atoms. The lowest BCUT2D eigenvalue weighted by molar-refractivity contribution is 0.0979. The molecular formula is C19H24F2N4O3. The number of aromatic nitrogens is 2. The number of benzene rings is 1. The van der Waals surface area contributed by atoms with E-state index in [-0.39, 0.29) is 36.4 Å². The maximum atomic E-state index is 14.2. The summed E-state index contributed by atoms with van der Waals surface area (Å²) in [5.74, 6) is -2.92. The SMILES string of the molecule is CC(C)CN(C(=O)c1cc(F)ccc1F)c1c(N)n(CC(C)C)c(=O)[nH]c1=O. The summed E-state index contributed by atoms with van der Waals surface area (Å²) < 4.78 is 28.9. The van der Waals surface area contributed by atoms with Crippen molar-refractivity contribution in [2.45, 2.75) is 34.2 Å². The molecule has 2 rings (SSSR count). The van der Waals surface area contributed by atoms with E-state index in [0.29, 0.717) is 0 Å². The van der Waals surface area contributed by atoms with Gasteiger partial charge >= 0.3 is 5.69 Å². The average molecular weight is 394 g/mol. The molecule has 0 atom stereocenters. The number of hydrogen-bond donors (Lipinski definition) is 2. The summed E-state index contributed by atoms with van der Waals surface area (Å²) in [5, 5.41) is 0. The van der Waals surface area contributed by atoms with E-state index in [9.17, 15) is 23.2 Å². The van der Waals surface area contributed by atoms with Crippen LogP contribution in [0.2, 0.25) is 0 Å². The topological polar surface area (TPSA) is 101 Å². The van der Waals surface area contributed by atoms with Gasteiger partial charge in [-0.1, -0.05) is 27.7 Å². The van der Waals surface area contributed by atoms with E-state index in [4.69, 9.17) is 5.73 Å². The highest BCUT2D eigenvalue weighted by Crippen LogP contribution is 2.23. The number of nitrogens with one attached hydrogen (secondary N) is 1. The van der Waals surface area contributed by atoms with Gasteiger partial charge in [0.1, 0.15) is 17.5 Å². The molecule has 0 aliphatic heterocycles. The zero-order valence-corrected chi connectivity index (χ0v) is 16.3. The molecule has 0 aliphatic rings. The van der Waals surface area contributed by atoms with Gasteiger partial charge in [0.15, 0.2) is 5.69 Å². The van der Waals surface area contributed by atoms with E-state index < -0.39 is 34.4 Å². The number of nitrogens with zero attached hydrogens (tertiary/aromatic N) is 2. The smallest absolute Gasteiger partial charge is 0.330 e. The van der Waals surface area contributed by atoms with Crippen LogP contribution < -0.4 is 21.9 Å². The van der Waals surface area contributed by atoms with Crippen LogP contribution in [0.15, 0.2) is 27.8 Å². The van der Waals surface area contributed by atoms with Crippen LogP contribution in [-0.2, 0) is 6.54 Å². The van der Waals surface area contributed by atoms with E-state index in [1.807, 2.05) is 13.8 Å². The van der Waals surface area contributed by atoms with Crippen LogP contribution in [0.1, 0.15) is 38.1 Å². The molecule has 1 aromatic heterocycles. The van der Waals surface area contributed by atoms with Gasteiger partial charge in [0.05, 0.1) is 5.56 Å². The molecule has 1 aromatic carbocycles. The summed E-state index contributed by atoms with van der Waals surface area (Å²) >= 11 is 0. The molecule has 0 spiro atoms. The lowest BCUT2D eigenvalue weighted by atomic mass is 10.1. The molecule has 152 valence electrons. The van der Waals surface area contributed by atoms with Crippen LogP contribution in [0.5, 0.6) is 0 Å². The molecule has 7 nitrogen and oxygen atoms in total. The summed E-state index contributed by atoms with van der Waals surface area (Å²) in [6.07, 6.45) is 0. The number of aromatic amines is 1. The second kappa shape index (κ2) is 8.37. The standard InChI is InChI=1S/C19H24F2N4O3/c1-10(2)8-24(18(27)13-7-12(20)5-6-14(13)21)15-16(22)25(9-11(3)4)19(28)23-17(15)26/h5-7,10-11H,8-9,22H2,1-4H3,(H,23,26,28). The molecule has 3 N–H and O–H groups in total. The highest BCUT2D eigenvalue weighted by Gasteiger charge is 2.28. The van der Waals surface area contributed by atoms with Crippen molar-refractivity contribution in [2.75, 3.05) is 17.2 Å². The molecule has 0 aliphatic carbocycles. The van der Waals surface area contributed by atoms with Gasteiger partial charge < -0.3 is 10.6 Å². The number of amides is 1. The van der Waals surface area contributed by atoms with Gasteiger partial charge in [0.25, 0.3) is 11.5 Å². The molecule has 0 unspecified atom stereocenters. The maximum Gasteiger partial charge on any atom is 0.330 e. The van der Waals surface area contributed by atoms with Gasteiger partial charge in [-0.3, -0.25) is 19.1 Å². The first-order valence-corrected chi connectivity index (χ1v) is 8.92. The van der Waals surface area contributed by atoms with Gasteiger partial charge in [0, 0.05) is 13.1 Å². The van der Waals surface area contributed by atoms with Crippen LogP contribution >= 0.6 is 0 Å². The molecule has 2 aromatic rings. The molecule has 0 fully saturated rings. The minimum Gasteiger partial charge on any atom is -0.383 e. The number of anilines is 2. The normalized spacial score (nSPS) is 11.3. The van der Waals surface area contributed by atoms with Crippen LogP contribution in [-0.4, -0.2) is 22.0 Å². The molecule has 0 saturated heterocycles. The Morgan fingerprint density at radius 3 is 2.39 bits per heavy atom. The van der Waals surface area contributed by atoms with Gasteiger partial charge in [-0.05, 0) is 30.0 Å². The predicted octanol–water partition coefficient (Wildman–Crippen LogP) is 2.36. The van der Waals surface area contributed by atoms with E-state index in [1.165, 1.54) is 0 Å². The van der Waals surface area contributed by atoms with Gasteiger partial charge in [0.2, 0.25) is 0 Å². The first-order valence-electron chi connectivity index (χ1n) is 8.92. The summed E-state index contributed by atoms with van der Waals surface area (Å²) in [7, 11) is 0. The van der Waals surface area contributed by atoms with Crippen molar-refractivity contribution in [3.63, 3.8) is 0 Å². The largest absolute Gasteiger partial charge is 0.383 e. The monoisotopic (exact) mass is 394 g/mol. The molecule has 9 heteroatoms. The van der Waals surface area contributed by atoms with Crippen LogP contribution in [0.25, 0.3) is 0 Å². The second-order valence-corrected chi connectivity index (χ2v) is 7.43. The minimum atomic E-state index is -0.925. The minimum absolute atomic E-state index is 0.0158. The number of carbonyl (C=O) groups excluding carboxylic acids is 1. The fourth-order valence-corrected chi connectivity index (χ4v) is 2.83. The third-order valence-electron chi connectivity index (χ3n) is 3.98. The van der Waals surface area contributed by atoms with Crippen molar-refractivity contribution in [1.29, 1.82) is 0 Å². The number of H-pyrrole nitrogens is 1. The number of rotatable bonds is 6. The Morgan fingerprint density at radius 2 is 1.82 bits per heavy atom. The fourth-order valence-electron chi connectivity index (χ4n) is 2.83. The second-order valence-electron chi connectivity index (χ2n) is 7.43. The summed E-state index contributed by atoms with van der Waals surface area (Å²) in [6.45, 7) is 7.52. The predicted molar refractivity (Wildman–Crippen MR) is 103 cm³/mol. The third kappa shape index (κ3) is 4.47. The molecule has 28 heavy (non-hydrogen) atoms. The van der Waals surface area contributed by atoms with E-state index in [0.717, 1.165) is 27.7 Å². The van der Waals surface area contributed by atoms with Crippen molar-refractivity contribution in [1.82, 2.24) is 9.55 Å². The van der Waals surface area contributed by atoms with E-state index >= 15 is 0 Å². The first kappa shape index (κ1) is 21.3. The molecule has 0 saturated carbocycles. The first-order chi connectivity index (χ1) is 13.0. The number of nitrogen functional groups attached to an aromatic ring is 1. The quantitative estimate of drug-likeness (QED) is 0.785. The van der Waals surface area contributed by atoms with E-state index in [2.05, 4.69) is 4.98 Å². The summed E-state index contributed by atoms with van der Waals surface area (Å²) in [6, 6.07) is 2.49. The van der Waals surface area contributed by atoms with Crippen molar-refractivity contribution in [2.24, 2.45) is 11.8 Å². The Bertz CT molecular complexity index is 996. The summed E-state index contributed by atoms with van der Waals surface area (Å²) in [5.41, 5.74) is 3.72. The fraction of sp³-hybridized carbons (Fsp3) is 0.421. The van der Waals surface area contributed by atoms with Crippen molar-refractivity contribution >= 4 is 17.4 Å². The maximum absolute atomic E-state index is 14.2. The summed E-state index contributed by atoms with van der Waals surface area (Å²) in [4.78, 5) is 40.8. The number of halogens is 2. The highest BCUT2D eigenvalue weighted by molar-refractivity contribution is 6.07. The average Bonchev–Trinajstić information content (AvgIpc) is 2.58. The Balaban J connectivity index is 2.70. The van der Waals surface area contributed by atoms with Gasteiger partial charge in [-0.2, -0.15) is 0 Å². The zero-order valence-electron chi connectivity index (χ0n) is 16.3. The van der Waals surface area contributed by atoms with E-state index in [1.54, 1.807) is 13.8 Å². The zero-order chi connectivity index (χ0) is 21.2. The Labute approximate surface area is 160 Å². The van der Waals surface area contributed by atoms with Gasteiger partial charge in [-0.25, -0.2) is 13.6 Å². The Morgan fingerprint density at radius 1 is 1.18 bits per heavy atom. The lowest BCUT2D eigenvalue weighted by Gasteiger charge is -2.26.